The van der Waals surface area contributed by atoms with Crippen molar-refractivity contribution in [2.45, 2.75) is 0 Å². The Balaban J connectivity index is 2.52. The lowest BCUT2D eigenvalue weighted by Gasteiger charge is -2.07. The number of carboxylic acids is 2. The summed E-state index contributed by atoms with van der Waals surface area (Å²) in [5.74, 6) is -3.14. The van der Waals surface area contributed by atoms with Crippen molar-refractivity contribution in [3.8, 4) is 0 Å². The van der Waals surface area contributed by atoms with Crippen molar-refractivity contribution in [3.63, 3.8) is 0 Å². The molecule has 0 saturated carbocycles. The van der Waals surface area contributed by atoms with Crippen LogP contribution in [0, 0.1) is 0 Å². The Hall–Kier alpha value is -2.66. The molecule has 0 heterocycles. The van der Waals surface area contributed by atoms with E-state index in [2.05, 4.69) is 0 Å². The average Bonchev–Trinajstić information content (AvgIpc) is 2.46. The maximum Gasteiger partial charge on any atom is 0.336 e. The highest BCUT2D eigenvalue weighted by Crippen LogP contribution is 2.18. The molecule has 6 heteroatoms. The van der Waals surface area contributed by atoms with Gasteiger partial charge in [0.2, 0.25) is 0 Å². The summed E-state index contributed by atoms with van der Waals surface area (Å²) in [7, 11) is 0. The summed E-state index contributed by atoms with van der Waals surface area (Å²) >= 11 is 5.73. The van der Waals surface area contributed by atoms with Crippen molar-refractivity contribution in [1.29, 1.82) is 0 Å². The van der Waals surface area contributed by atoms with Gasteiger partial charge in [-0.2, -0.15) is 0 Å². The van der Waals surface area contributed by atoms with Crippen LogP contribution in [0.5, 0.6) is 0 Å². The molecule has 2 rings (SSSR count). The molecule has 0 radical (unpaired) electrons. The number of carbonyl (C=O) groups is 3. The van der Waals surface area contributed by atoms with Crippen molar-refractivity contribution < 1.29 is 24.6 Å². The number of rotatable bonds is 4. The van der Waals surface area contributed by atoms with Crippen LogP contribution < -0.4 is 0 Å². The van der Waals surface area contributed by atoms with Crippen LogP contribution in [0.2, 0.25) is 5.02 Å². The molecule has 21 heavy (non-hydrogen) atoms. The van der Waals surface area contributed by atoms with E-state index in [1.54, 1.807) is 0 Å². The van der Waals surface area contributed by atoms with Crippen molar-refractivity contribution in [3.05, 3.63) is 69.7 Å². The fraction of sp³-hybridized carbons (Fsp3) is 0. The molecule has 106 valence electrons. The van der Waals surface area contributed by atoms with Crippen LogP contribution in [0.4, 0.5) is 0 Å². The normalized spacial score (nSPS) is 10.1. The lowest BCUT2D eigenvalue weighted by atomic mass is 9.96. The molecule has 0 fully saturated rings. The number of benzene rings is 2. The number of carboxylic acid groups (broad SMARTS) is 2. The van der Waals surface area contributed by atoms with Gasteiger partial charge in [0, 0.05) is 16.1 Å². The smallest absolute Gasteiger partial charge is 0.336 e. The molecule has 0 unspecified atom stereocenters. The van der Waals surface area contributed by atoms with Crippen LogP contribution in [-0.4, -0.2) is 27.9 Å². The standard InChI is InChI=1S/C15H9ClO5/c16-10-4-1-8(2-5-10)13(17)11-6-3-9(14(18)19)7-12(11)15(20)21/h1-7H,(H,18,19)(H,20,21). The summed E-state index contributed by atoms with van der Waals surface area (Å²) in [6, 6.07) is 9.33. The first-order chi connectivity index (χ1) is 9.90. The second kappa shape index (κ2) is 5.76. The molecule has 0 saturated heterocycles. The maximum atomic E-state index is 12.3. The topological polar surface area (TPSA) is 91.7 Å². The molecular weight excluding hydrogens is 296 g/mol. The lowest BCUT2D eigenvalue weighted by molar-refractivity contribution is 0.0692. The average molecular weight is 305 g/mol. The Morgan fingerprint density at radius 3 is 1.86 bits per heavy atom. The summed E-state index contributed by atoms with van der Waals surface area (Å²) in [6.45, 7) is 0. The number of carbonyl (C=O) groups excluding carboxylic acids is 1. The second-order valence-corrected chi connectivity index (χ2v) is 4.64. The van der Waals surface area contributed by atoms with E-state index in [1.165, 1.54) is 36.4 Å². The largest absolute Gasteiger partial charge is 0.478 e. The first kappa shape index (κ1) is 14.7. The van der Waals surface area contributed by atoms with Gasteiger partial charge >= 0.3 is 11.9 Å². The summed E-state index contributed by atoms with van der Waals surface area (Å²) < 4.78 is 0. The Morgan fingerprint density at radius 2 is 1.33 bits per heavy atom. The highest BCUT2D eigenvalue weighted by atomic mass is 35.5. The first-order valence-corrected chi connectivity index (χ1v) is 6.19. The van der Waals surface area contributed by atoms with Crippen LogP contribution in [0.15, 0.2) is 42.5 Å². The second-order valence-electron chi connectivity index (χ2n) is 4.21. The molecule has 2 aromatic rings. The van der Waals surface area contributed by atoms with Gasteiger partial charge in [-0.15, -0.1) is 0 Å². The van der Waals surface area contributed by atoms with Crippen LogP contribution in [0.3, 0.4) is 0 Å². The number of halogens is 1. The molecule has 5 nitrogen and oxygen atoms in total. The van der Waals surface area contributed by atoms with Gasteiger partial charge in [0.25, 0.3) is 0 Å². The zero-order valence-corrected chi connectivity index (χ0v) is 11.3. The fourth-order valence-electron chi connectivity index (χ4n) is 1.81. The summed E-state index contributed by atoms with van der Waals surface area (Å²) in [4.78, 5) is 34.4. The summed E-state index contributed by atoms with van der Waals surface area (Å²) in [5.41, 5.74) is -0.352. The van der Waals surface area contributed by atoms with Gasteiger partial charge in [-0.25, -0.2) is 9.59 Å². The third-order valence-electron chi connectivity index (χ3n) is 2.85. The van der Waals surface area contributed by atoms with E-state index in [4.69, 9.17) is 21.8 Å². The molecule has 2 N–H and O–H groups in total. The highest BCUT2D eigenvalue weighted by molar-refractivity contribution is 6.30. The zero-order chi connectivity index (χ0) is 15.6. The van der Waals surface area contributed by atoms with Gasteiger partial charge in [-0.05, 0) is 42.5 Å². The van der Waals surface area contributed by atoms with Crippen LogP contribution >= 0.6 is 11.6 Å². The molecule has 0 spiro atoms. The molecule has 0 amide bonds. The van der Waals surface area contributed by atoms with Crippen LogP contribution in [0.1, 0.15) is 36.6 Å². The molecule has 0 bridgehead atoms. The highest BCUT2D eigenvalue weighted by Gasteiger charge is 2.20. The molecule has 0 atom stereocenters. The van der Waals surface area contributed by atoms with Gasteiger partial charge in [0.15, 0.2) is 5.78 Å². The van der Waals surface area contributed by atoms with Gasteiger partial charge in [0.1, 0.15) is 0 Å². The maximum absolute atomic E-state index is 12.3. The minimum atomic E-state index is -1.37. The van der Waals surface area contributed by atoms with Crippen molar-refractivity contribution in [2.24, 2.45) is 0 Å². The third kappa shape index (κ3) is 3.09. The molecule has 0 aliphatic rings. The van der Waals surface area contributed by atoms with E-state index >= 15 is 0 Å². The van der Waals surface area contributed by atoms with Gasteiger partial charge in [-0.1, -0.05) is 11.6 Å². The van der Waals surface area contributed by atoms with Gasteiger partial charge < -0.3 is 10.2 Å². The molecule has 2 aromatic carbocycles. The third-order valence-corrected chi connectivity index (χ3v) is 3.10. The van der Waals surface area contributed by atoms with Gasteiger partial charge in [0.05, 0.1) is 11.1 Å². The Labute approximate surface area is 124 Å². The Kier molecular flexibility index (Phi) is 4.05. The zero-order valence-electron chi connectivity index (χ0n) is 10.5. The molecule has 0 aliphatic carbocycles. The summed E-state index contributed by atoms with van der Waals surface area (Å²) in [6.07, 6.45) is 0. The molecule has 0 aromatic heterocycles. The van der Waals surface area contributed by atoms with E-state index < -0.39 is 17.7 Å². The molecule has 0 aliphatic heterocycles. The predicted molar refractivity (Wildman–Crippen MR) is 75.2 cm³/mol. The van der Waals surface area contributed by atoms with Gasteiger partial charge in [-0.3, -0.25) is 4.79 Å². The van der Waals surface area contributed by atoms with E-state index in [0.29, 0.717) is 5.02 Å². The monoisotopic (exact) mass is 304 g/mol. The quantitative estimate of drug-likeness (QED) is 0.847. The van der Waals surface area contributed by atoms with Crippen molar-refractivity contribution in [2.75, 3.05) is 0 Å². The van der Waals surface area contributed by atoms with Crippen molar-refractivity contribution in [1.82, 2.24) is 0 Å². The Morgan fingerprint density at radius 1 is 0.762 bits per heavy atom. The number of hydrogen-bond donors (Lipinski definition) is 2. The predicted octanol–water partition coefficient (Wildman–Crippen LogP) is 2.97. The number of ketones is 1. The SMILES string of the molecule is O=C(O)c1ccc(C(=O)c2ccc(Cl)cc2)c(C(=O)O)c1. The van der Waals surface area contributed by atoms with Crippen LogP contribution in [-0.2, 0) is 0 Å². The molecular formula is C15H9ClO5. The summed E-state index contributed by atoms with van der Waals surface area (Å²) in [5, 5.41) is 18.5. The van der Waals surface area contributed by atoms with Crippen molar-refractivity contribution >= 4 is 29.3 Å². The number of aromatic carboxylic acids is 2. The lowest BCUT2D eigenvalue weighted by Crippen LogP contribution is -2.11. The minimum Gasteiger partial charge on any atom is -0.478 e. The van der Waals surface area contributed by atoms with E-state index in [-0.39, 0.29) is 22.3 Å². The van der Waals surface area contributed by atoms with E-state index in [0.717, 1.165) is 6.07 Å². The van der Waals surface area contributed by atoms with Crippen LogP contribution in [0.25, 0.3) is 0 Å². The first-order valence-electron chi connectivity index (χ1n) is 5.81. The fourth-order valence-corrected chi connectivity index (χ4v) is 1.93. The van der Waals surface area contributed by atoms with E-state index in [9.17, 15) is 14.4 Å². The van der Waals surface area contributed by atoms with E-state index in [1.807, 2.05) is 0 Å². The minimum absolute atomic E-state index is 0.0742. The Bertz CT molecular complexity index is 734. The number of hydrogen-bond acceptors (Lipinski definition) is 3.